The second-order valence-electron chi connectivity index (χ2n) is 8.25. The number of hydrogen-bond donors (Lipinski definition) is 2. The normalized spacial score (nSPS) is 15.1. The summed E-state index contributed by atoms with van der Waals surface area (Å²) in [7, 11) is 0. The smallest absolute Gasteiger partial charge is 0.245 e. The van der Waals surface area contributed by atoms with Crippen molar-refractivity contribution in [1.29, 1.82) is 0 Å². The number of amides is 1. The van der Waals surface area contributed by atoms with Gasteiger partial charge >= 0.3 is 0 Å². The average molecular weight is 465 g/mol. The highest BCUT2D eigenvalue weighted by molar-refractivity contribution is 6.30. The van der Waals surface area contributed by atoms with Crippen LogP contribution in [0.4, 0.5) is 17.6 Å². The first-order chi connectivity index (χ1) is 16.0. The molecule has 4 aromatic rings. The summed E-state index contributed by atoms with van der Waals surface area (Å²) in [4.78, 5) is 21.8. The number of aromatic nitrogens is 5. The van der Waals surface area contributed by atoms with Gasteiger partial charge in [-0.2, -0.15) is 10.1 Å². The van der Waals surface area contributed by atoms with Crippen molar-refractivity contribution in [2.75, 3.05) is 36.4 Å². The van der Waals surface area contributed by atoms with Crippen LogP contribution in [0.25, 0.3) is 5.52 Å². The van der Waals surface area contributed by atoms with Crippen LogP contribution in [0.2, 0.25) is 5.02 Å². The average Bonchev–Trinajstić information content (AvgIpc) is 3.47. The van der Waals surface area contributed by atoms with E-state index in [9.17, 15) is 4.79 Å². The van der Waals surface area contributed by atoms with Crippen molar-refractivity contribution >= 4 is 40.6 Å². The number of aromatic amines is 1. The summed E-state index contributed by atoms with van der Waals surface area (Å²) in [5.74, 6) is 1.91. The number of H-pyrrole nitrogens is 1. The van der Waals surface area contributed by atoms with Gasteiger partial charge in [0.2, 0.25) is 11.9 Å². The van der Waals surface area contributed by atoms with E-state index in [-0.39, 0.29) is 11.8 Å². The molecule has 4 heterocycles. The molecule has 0 bridgehead atoms. The van der Waals surface area contributed by atoms with Gasteiger partial charge in [-0.3, -0.25) is 9.89 Å². The summed E-state index contributed by atoms with van der Waals surface area (Å²) >= 11 is 5.98. The van der Waals surface area contributed by atoms with Gasteiger partial charge in [-0.1, -0.05) is 23.7 Å². The highest BCUT2D eigenvalue weighted by atomic mass is 35.5. The zero-order valence-corrected chi connectivity index (χ0v) is 19.3. The Balaban J connectivity index is 1.30. The highest BCUT2D eigenvalue weighted by Gasteiger charge is 2.27. The maximum absolute atomic E-state index is 13.0. The van der Waals surface area contributed by atoms with Crippen LogP contribution in [0.3, 0.4) is 0 Å². The molecule has 5 rings (SSSR count). The molecule has 1 aliphatic heterocycles. The second kappa shape index (κ2) is 8.74. The van der Waals surface area contributed by atoms with E-state index in [1.165, 1.54) is 0 Å². The maximum atomic E-state index is 13.0. The van der Waals surface area contributed by atoms with Gasteiger partial charge in [-0.25, -0.2) is 4.52 Å². The zero-order chi connectivity index (χ0) is 22.9. The minimum absolute atomic E-state index is 0.120. The summed E-state index contributed by atoms with van der Waals surface area (Å²) in [5, 5.41) is 15.8. The third-order valence-corrected chi connectivity index (χ3v) is 6.20. The molecule has 33 heavy (non-hydrogen) atoms. The number of carbonyl (C=O) groups excluding carboxylic acids is 1. The van der Waals surface area contributed by atoms with E-state index in [1.54, 1.807) is 0 Å². The van der Waals surface area contributed by atoms with Crippen molar-refractivity contribution in [3.05, 3.63) is 64.9 Å². The number of hydrogen-bond acceptors (Lipinski definition) is 6. The monoisotopic (exact) mass is 464 g/mol. The lowest BCUT2D eigenvalue weighted by Crippen LogP contribution is -2.50. The molecule has 1 aliphatic rings. The Morgan fingerprint density at radius 1 is 1.15 bits per heavy atom. The largest absolute Gasteiger partial charge is 0.339 e. The standard InChI is InChI=1S/C23H25ClN8O/c1-15-14-20(28-27-15)25-21-19-4-3-9-32(19)29-23(26-21)31-12-10-30(11-13-31)22(33)16(2)17-5-7-18(24)8-6-17/h3-9,14,16H,10-13H2,1-2H3,(H2,25,26,27,28,29). The molecule has 9 nitrogen and oxygen atoms in total. The summed E-state index contributed by atoms with van der Waals surface area (Å²) in [5.41, 5.74) is 2.80. The minimum Gasteiger partial charge on any atom is -0.339 e. The molecule has 1 aromatic carbocycles. The molecule has 1 amide bonds. The number of rotatable bonds is 5. The molecule has 1 atom stereocenters. The molecule has 10 heteroatoms. The van der Waals surface area contributed by atoms with Gasteiger partial charge in [-0.05, 0) is 43.7 Å². The van der Waals surface area contributed by atoms with Crippen LogP contribution >= 0.6 is 11.6 Å². The first-order valence-corrected chi connectivity index (χ1v) is 11.3. The van der Waals surface area contributed by atoms with Crippen molar-refractivity contribution in [2.45, 2.75) is 19.8 Å². The predicted molar refractivity (Wildman–Crippen MR) is 128 cm³/mol. The van der Waals surface area contributed by atoms with Crippen LogP contribution in [-0.2, 0) is 4.79 Å². The number of nitrogens with one attached hydrogen (secondary N) is 2. The summed E-state index contributed by atoms with van der Waals surface area (Å²) < 4.78 is 1.81. The van der Waals surface area contributed by atoms with E-state index in [1.807, 2.05) is 71.9 Å². The molecule has 3 aromatic heterocycles. The molecule has 170 valence electrons. The highest BCUT2D eigenvalue weighted by Crippen LogP contribution is 2.24. The second-order valence-corrected chi connectivity index (χ2v) is 8.68. The van der Waals surface area contributed by atoms with Crippen LogP contribution in [0, 0.1) is 6.92 Å². The molecule has 0 saturated carbocycles. The zero-order valence-electron chi connectivity index (χ0n) is 18.5. The molecular weight excluding hydrogens is 440 g/mol. The summed E-state index contributed by atoms with van der Waals surface area (Å²) in [6.07, 6.45) is 1.90. The number of halogens is 1. The Hall–Kier alpha value is -3.59. The van der Waals surface area contributed by atoms with Gasteiger partial charge in [0, 0.05) is 49.2 Å². The van der Waals surface area contributed by atoms with Crippen LogP contribution in [0.15, 0.2) is 48.7 Å². The minimum atomic E-state index is -0.214. The van der Waals surface area contributed by atoms with Gasteiger partial charge in [0.25, 0.3) is 0 Å². The lowest BCUT2D eigenvalue weighted by Gasteiger charge is -2.36. The molecular formula is C23H25ClN8O. The number of anilines is 3. The fourth-order valence-electron chi connectivity index (χ4n) is 4.05. The Kier molecular flexibility index (Phi) is 5.63. The molecule has 2 N–H and O–H groups in total. The lowest BCUT2D eigenvalue weighted by molar-refractivity contribution is -0.132. The van der Waals surface area contributed by atoms with Crippen molar-refractivity contribution in [1.82, 2.24) is 29.7 Å². The van der Waals surface area contributed by atoms with E-state index in [0.29, 0.717) is 48.8 Å². The third kappa shape index (κ3) is 4.36. The lowest BCUT2D eigenvalue weighted by atomic mass is 9.99. The van der Waals surface area contributed by atoms with Crippen molar-refractivity contribution in [2.24, 2.45) is 0 Å². The van der Waals surface area contributed by atoms with E-state index in [0.717, 1.165) is 16.8 Å². The Morgan fingerprint density at radius 2 is 1.91 bits per heavy atom. The number of carbonyl (C=O) groups is 1. The van der Waals surface area contributed by atoms with E-state index >= 15 is 0 Å². The number of piperazine rings is 1. The van der Waals surface area contributed by atoms with Gasteiger partial charge < -0.3 is 15.1 Å². The molecule has 0 aliphatic carbocycles. The van der Waals surface area contributed by atoms with E-state index < -0.39 is 0 Å². The van der Waals surface area contributed by atoms with E-state index in [4.69, 9.17) is 16.6 Å². The summed E-state index contributed by atoms with van der Waals surface area (Å²) in [6, 6.07) is 13.3. The van der Waals surface area contributed by atoms with Crippen LogP contribution in [0.1, 0.15) is 24.1 Å². The maximum Gasteiger partial charge on any atom is 0.245 e. The fourth-order valence-corrected chi connectivity index (χ4v) is 4.17. The summed E-state index contributed by atoms with van der Waals surface area (Å²) in [6.45, 7) is 6.44. The molecule has 0 radical (unpaired) electrons. The van der Waals surface area contributed by atoms with Gasteiger partial charge in [0.1, 0.15) is 5.52 Å². The molecule has 1 unspecified atom stereocenters. The van der Waals surface area contributed by atoms with Gasteiger partial charge in [0.05, 0.1) is 5.92 Å². The predicted octanol–water partition coefficient (Wildman–Crippen LogP) is 3.61. The third-order valence-electron chi connectivity index (χ3n) is 5.95. The number of aryl methyl sites for hydroxylation is 1. The number of benzene rings is 1. The van der Waals surface area contributed by atoms with Crippen LogP contribution in [0.5, 0.6) is 0 Å². The first-order valence-electron chi connectivity index (χ1n) is 10.9. The molecule has 1 fully saturated rings. The number of nitrogens with zero attached hydrogens (tertiary/aromatic N) is 6. The Labute approximate surface area is 196 Å². The van der Waals surface area contributed by atoms with Crippen LogP contribution in [-0.4, -0.2) is 61.8 Å². The van der Waals surface area contributed by atoms with Gasteiger partial charge in [-0.15, -0.1) is 5.10 Å². The van der Waals surface area contributed by atoms with Crippen molar-refractivity contribution < 1.29 is 4.79 Å². The van der Waals surface area contributed by atoms with Crippen LogP contribution < -0.4 is 10.2 Å². The number of fused-ring (bicyclic) bond motifs is 1. The Bertz CT molecular complexity index is 1270. The fraction of sp³-hybridized carbons (Fsp3) is 0.304. The quantitative estimate of drug-likeness (QED) is 0.468. The van der Waals surface area contributed by atoms with Crippen molar-refractivity contribution in [3.63, 3.8) is 0 Å². The van der Waals surface area contributed by atoms with E-state index in [2.05, 4.69) is 25.5 Å². The molecule has 0 spiro atoms. The topological polar surface area (TPSA) is 94.5 Å². The first kappa shape index (κ1) is 21.3. The SMILES string of the molecule is Cc1cc(Nc2nc(N3CCN(C(=O)C(C)c4ccc(Cl)cc4)CC3)nn3cccc23)n[nH]1. The molecule has 1 saturated heterocycles. The van der Waals surface area contributed by atoms with Gasteiger partial charge in [0.15, 0.2) is 11.6 Å². The van der Waals surface area contributed by atoms with Crippen molar-refractivity contribution in [3.8, 4) is 0 Å². The Morgan fingerprint density at radius 3 is 2.61 bits per heavy atom.